The highest BCUT2D eigenvalue weighted by atomic mass is 32.2. The number of thioether (sulfide) groups is 1. The lowest BCUT2D eigenvalue weighted by molar-refractivity contribution is 0.873. The van der Waals surface area contributed by atoms with Crippen molar-refractivity contribution < 1.29 is 0 Å². The monoisotopic (exact) mass is 538 g/mol. The molecular formula is C34H42N4S. The van der Waals surface area contributed by atoms with E-state index in [4.69, 9.17) is 5.73 Å². The Bertz CT molecular complexity index is 1370. The van der Waals surface area contributed by atoms with Crippen LogP contribution in [0.5, 0.6) is 0 Å². The molecule has 0 bridgehead atoms. The molecule has 0 fully saturated rings. The molecule has 1 atom stereocenters. The maximum Gasteiger partial charge on any atom is 0.0663 e. The van der Waals surface area contributed by atoms with E-state index in [1.807, 2.05) is 57.3 Å². The lowest BCUT2D eigenvalue weighted by Crippen LogP contribution is -2.20. The molecule has 2 aliphatic rings. The van der Waals surface area contributed by atoms with Crippen LogP contribution in [0, 0.1) is 0 Å². The van der Waals surface area contributed by atoms with E-state index in [9.17, 15) is 0 Å². The van der Waals surface area contributed by atoms with Gasteiger partial charge in [-0.05, 0) is 79.0 Å². The number of hydrogen-bond donors (Lipinski definition) is 4. The third-order valence-electron chi connectivity index (χ3n) is 6.37. The summed E-state index contributed by atoms with van der Waals surface area (Å²) in [6, 6.07) is 19.4. The third kappa shape index (κ3) is 8.59. The van der Waals surface area contributed by atoms with Crippen LogP contribution in [0.4, 0.5) is 17.1 Å². The van der Waals surface area contributed by atoms with E-state index in [1.165, 1.54) is 15.7 Å². The number of hydrogen-bond acceptors (Lipinski definition) is 5. The summed E-state index contributed by atoms with van der Waals surface area (Å²) in [6.45, 7) is 7.68. The number of fused-ring (bicyclic) bond motifs is 1. The highest BCUT2D eigenvalue weighted by Gasteiger charge is 2.14. The van der Waals surface area contributed by atoms with Crippen molar-refractivity contribution in [3.63, 3.8) is 0 Å². The van der Waals surface area contributed by atoms with Crippen LogP contribution in [0.2, 0.25) is 0 Å². The fraction of sp³-hybridized carbons (Fsp3) is 0.235. The molecule has 5 heteroatoms. The van der Waals surface area contributed by atoms with Crippen LogP contribution in [0.3, 0.4) is 0 Å². The molecule has 0 saturated carbocycles. The lowest BCUT2D eigenvalue weighted by Gasteiger charge is -2.23. The summed E-state index contributed by atoms with van der Waals surface area (Å²) in [6.07, 6.45) is 19.9. The molecule has 0 heterocycles. The SMILES string of the molecule is C=Cc1cccc(NC)c1.CC.CSc1ccc2c(NC3C=CC(N)=CC3)c(NC3=CCCC=C3)ccc2c1. The molecule has 1 unspecified atom stereocenters. The van der Waals surface area contributed by atoms with Gasteiger partial charge < -0.3 is 21.7 Å². The van der Waals surface area contributed by atoms with Crippen molar-refractivity contribution in [2.75, 3.05) is 29.3 Å². The molecular weight excluding hydrogens is 496 g/mol. The minimum atomic E-state index is 0.236. The van der Waals surface area contributed by atoms with Gasteiger partial charge in [-0.15, -0.1) is 11.8 Å². The van der Waals surface area contributed by atoms with E-state index >= 15 is 0 Å². The molecule has 0 spiro atoms. The third-order valence-corrected chi connectivity index (χ3v) is 7.10. The van der Waals surface area contributed by atoms with Crippen molar-refractivity contribution in [2.45, 2.75) is 44.0 Å². The van der Waals surface area contributed by atoms with Crippen LogP contribution in [0.1, 0.15) is 38.7 Å². The van der Waals surface area contributed by atoms with Gasteiger partial charge in [0, 0.05) is 40.5 Å². The van der Waals surface area contributed by atoms with Crippen molar-refractivity contribution in [2.24, 2.45) is 5.73 Å². The summed E-state index contributed by atoms with van der Waals surface area (Å²) in [7, 11) is 1.90. The van der Waals surface area contributed by atoms with E-state index in [0.717, 1.165) is 53.3 Å². The maximum atomic E-state index is 5.88. The lowest BCUT2D eigenvalue weighted by atomic mass is 10.0. The molecule has 4 nitrogen and oxygen atoms in total. The first-order valence-corrected chi connectivity index (χ1v) is 14.9. The van der Waals surface area contributed by atoms with Crippen molar-refractivity contribution in [1.29, 1.82) is 0 Å². The molecule has 5 N–H and O–H groups in total. The van der Waals surface area contributed by atoms with Crippen molar-refractivity contribution >= 4 is 45.7 Å². The molecule has 0 amide bonds. The van der Waals surface area contributed by atoms with Crippen molar-refractivity contribution in [3.05, 3.63) is 115 Å². The molecule has 3 aromatic carbocycles. The fourth-order valence-corrected chi connectivity index (χ4v) is 4.76. The molecule has 0 aliphatic heterocycles. The van der Waals surface area contributed by atoms with Crippen molar-refractivity contribution in [3.8, 4) is 0 Å². The fourth-order valence-electron chi connectivity index (χ4n) is 4.31. The average Bonchev–Trinajstić information content (AvgIpc) is 3.01. The molecule has 2 aliphatic carbocycles. The number of nitrogens with one attached hydrogen (secondary N) is 3. The Labute approximate surface area is 238 Å². The Kier molecular flexibility index (Phi) is 11.9. The van der Waals surface area contributed by atoms with Crippen molar-refractivity contribution in [1.82, 2.24) is 0 Å². The van der Waals surface area contributed by atoms with Crippen LogP contribution < -0.4 is 21.7 Å². The van der Waals surface area contributed by atoms with Crippen LogP contribution in [0.25, 0.3) is 16.8 Å². The van der Waals surface area contributed by atoms with Gasteiger partial charge in [-0.2, -0.15) is 0 Å². The maximum absolute atomic E-state index is 5.88. The summed E-state index contributed by atoms with van der Waals surface area (Å²) >= 11 is 1.77. The van der Waals surface area contributed by atoms with E-state index in [0.29, 0.717) is 0 Å². The minimum Gasteiger partial charge on any atom is -0.399 e. The second kappa shape index (κ2) is 15.6. The molecule has 0 aromatic heterocycles. The molecule has 0 radical (unpaired) electrons. The van der Waals surface area contributed by atoms with E-state index in [-0.39, 0.29) is 6.04 Å². The summed E-state index contributed by atoms with van der Waals surface area (Å²) < 4.78 is 0. The Morgan fingerprint density at radius 3 is 2.51 bits per heavy atom. The average molecular weight is 539 g/mol. The predicted octanol–water partition coefficient (Wildman–Crippen LogP) is 9.19. The Morgan fingerprint density at radius 1 is 1.00 bits per heavy atom. The molecule has 39 heavy (non-hydrogen) atoms. The Hall–Kier alpha value is -3.83. The summed E-state index contributed by atoms with van der Waals surface area (Å²) in [5.74, 6) is 0. The number of rotatable bonds is 7. The van der Waals surface area contributed by atoms with Crippen LogP contribution >= 0.6 is 11.8 Å². The first-order valence-electron chi connectivity index (χ1n) is 13.6. The molecule has 5 rings (SSSR count). The second-order valence-corrected chi connectivity index (χ2v) is 9.85. The standard InChI is InChI=1S/C23H25N3S.C9H11N.C2H6/c1-27-20-12-13-21-16(15-20)7-14-22(25-18-5-3-2-4-6-18)23(21)26-19-10-8-17(24)9-11-19;1-3-8-5-4-6-9(7-8)10-2;1-2/h3,5-10,12-15,19,25-26H,2,4,11,24H2,1H3;3-7,10H,1H2,2H3;1-2H3. The van der Waals surface area contributed by atoms with E-state index < -0.39 is 0 Å². The van der Waals surface area contributed by atoms with Crippen LogP contribution in [-0.4, -0.2) is 19.3 Å². The number of allylic oxidation sites excluding steroid dienone is 4. The van der Waals surface area contributed by atoms with Crippen LogP contribution in [0.15, 0.2) is 114 Å². The van der Waals surface area contributed by atoms with E-state index in [2.05, 4.69) is 89.5 Å². The zero-order valence-corrected chi connectivity index (χ0v) is 24.4. The summed E-state index contributed by atoms with van der Waals surface area (Å²) in [5, 5.41) is 12.9. The second-order valence-electron chi connectivity index (χ2n) is 8.97. The Morgan fingerprint density at radius 2 is 1.85 bits per heavy atom. The number of nitrogens with two attached hydrogens (primary N) is 1. The predicted molar refractivity (Wildman–Crippen MR) is 177 cm³/mol. The first kappa shape index (κ1) is 29.7. The van der Waals surface area contributed by atoms with Gasteiger partial charge in [0.2, 0.25) is 0 Å². The number of benzene rings is 3. The molecule has 0 saturated heterocycles. The quantitative estimate of drug-likeness (QED) is 0.226. The number of anilines is 3. The zero-order valence-electron chi connectivity index (χ0n) is 23.6. The van der Waals surface area contributed by atoms with Gasteiger partial charge in [0.1, 0.15) is 0 Å². The summed E-state index contributed by atoms with van der Waals surface area (Å²) in [4.78, 5) is 1.28. The minimum absolute atomic E-state index is 0.236. The molecule has 204 valence electrons. The van der Waals surface area contributed by atoms with Gasteiger partial charge in [-0.1, -0.05) is 75.1 Å². The van der Waals surface area contributed by atoms with Gasteiger partial charge in [0.15, 0.2) is 0 Å². The summed E-state index contributed by atoms with van der Waals surface area (Å²) in [5.41, 5.74) is 12.4. The molecule has 3 aromatic rings. The highest BCUT2D eigenvalue weighted by molar-refractivity contribution is 7.98. The Balaban J connectivity index is 0.000000294. The largest absolute Gasteiger partial charge is 0.399 e. The van der Waals surface area contributed by atoms with Gasteiger partial charge in [-0.25, -0.2) is 0 Å². The normalized spacial score (nSPS) is 15.5. The van der Waals surface area contributed by atoms with Gasteiger partial charge >= 0.3 is 0 Å². The van der Waals surface area contributed by atoms with Gasteiger partial charge in [-0.3, -0.25) is 0 Å². The van der Waals surface area contributed by atoms with Gasteiger partial charge in [0.25, 0.3) is 0 Å². The highest BCUT2D eigenvalue weighted by Crippen LogP contribution is 2.36. The van der Waals surface area contributed by atoms with Gasteiger partial charge in [0.05, 0.1) is 11.4 Å². The topological polar surface area (TPSA) is 62.1 Å². The van der Waals surface area contributed by atoms with Crippen LogP contribution in [-0.2, 0) is 0 Å². The van der Waals surface area contributed by atoms with E-state index in [1.54, 1.807) is 11.8 Å². The zero-order chi connectivity index (χ0) is 28.0. The smallest absolute Gasteiger partial charge is 0.0663 e. The first-order chi connectivity index (χ1) is 19.1.